The van der Waals surface area contributed by atoms with Crippen LogP contribution in [0, 0.1) is 13.8 Å². The molecule has 1 amide bonds. The molecule has 0 saturated heterocycles. The Labute approximate surface area is 104 Å². The first-order chi connectivity index (χ1) is 7.86. The van der Waals surface area contributed by atoms with E-state index in [0.29, 0.717) is 0 Å². The van der Waals surface area contributed by atoms with E-state index >= 15 is 0 Å². The Morgan fingerprint density at radius 2 is 1.94 bits per heavy atom. The van der Waals surface area contributed by atoms with Crippen molar-refractivity contribution in [3.63, 3.8) is 0 Å². The van der Waals surface area contributed by atoms with Gasteiger partial charge in [-0.1, -0.05) is 19.1 Å². The summed E-state index contributed by atoms with van der Waals surface area (Å²) in [7, 11) is 0. The Morgan fingerprint density at radius 3 is 2.53 bits per heavy atom. The maximum Gasteiger partial charge on any atom is 0.244 e. The molecule has 0 aromatic heterocycles. The summed E-state index contributed by atoms with van der Waals surface area (Å²) in [6, 6.07) is 6.06. The third-order valence-corrected chi connectivity index (χ3v) is 2.83. The van der Waals surface area contributed by atoms with Crippen LogP contribution in [0.15, 0.2) is 18.2 Å². The molecule has 0 atom stereocenters. The summed E-state index contributed by atoms with van der Waals surface area (Å²) in [5.74, 6) is -0.00644. The molecular formula is C14H22N2O. The van der Waals surface area contributed by atoms with Gasteiger partial charge in [-0.25, -0.2) is 0 Å². The van der Waals surface area contributed by atoms with Crippen molar-refractivity contribution in [3.05, 3.63) is 29.3 Å². The number of aryl methyl sites for hydroxylation is 2. The van der Waals surface area contributed by atoms with Crippen molar-refractivity contribution in [1.82, 2.24) is 5.32 Å². The van der Waals surface area contributed by atoms with Gasteiger partial charge in [0.2, 0.25) is 5.91 Å². The fourth-order valence-electron chi connectivity index (χ4n) is 1.67. The minimum atomic E-state index is -0.551. The number of hydrogen-bond acceptors (Lipinski definition) is 2. The van der Waals surface area contributed by atoms with E-state index in [9.17, 15) is 4.79 Å². The maximum atomic E-state index is 12.1. The molecule has 1 aromatic carbocycles. The van der Waals surface area contributed by atoms with Crippen molar-refractivity contribution >= 4 is 11.6 Å². The van der Waals surface area contributed by atoms with E-state index in [1.807, 2.05) is 52.8 Å². The average molecular weight is 234 g/mol. The van der Waals surface area contributed by atoms with Crippen LogP contribution in [0.2, 0.25) is 0 Å². The second-order valence-corrected chi connectivity index (χ2v) is 4.93. The highest BCUT2D eigenvalue weighted by Gasteiger charge is 2.26. The van der Waals surface area contributed by atoms with E-state index in [2.05, 4.69) is 10.6 Å². The average Bonchev–Trinajstić information content (AvgIpc) is 2.23. The number of likely N-dealkylation sites (N-methyl/N-ethyl adjacent to an activating group) is 1. The van der Waals surface area contributed by atoms with Gasteiger partial charge in [0.25, 0.3) is 0 Å². The molecule has 0 aliphatic rings. The van der Waals surface area contributed by atoms with Gasteiger partial charge < -0.3 is 10.6 Å². The molecule has 0 radical (unpaired) electrons. The molecule has 1 aromatic rings. The third kappa shape index (κ3) is 3.56. The summed E-state index contributed by atoms with van der Waals surface area (Å²) in [4.78, 5) is 12.1. The number of carbonyl (C=O) groups excluding carboxylic acids is 1. The van der Waals surface area contributed by atoms with Crippen LogP contribution in [0.4, 0.5) is 5.69 Å². The molecule has 17 heavy (non-hydrogen) atoms. The van der Waals surface area contributed by atoms with Gasteiger partial charge in [0.1, 0.15) is 0 Å². The normalized spacial score (nSPS) is 11.4. The molecule has 3 heteroatoms. The molecule has 0 heterocycles. The van der Waals surface area contributed by atoms with Crippen molar-refractivity contribution in [2.45, 2.75) is 40.2 Å². The SMILES string of the molecule is CCNC(C)(C)C(=O)Nc1cc(C)ccc1C. The summed E-state index contributed by atoms with van der Waals surface area (Å²) in [5.41, 5.74) is 2.56. The molecule has 1 rings (SSSR count). The lowest BCUT2D eigenvalue weighted by Gasteiger charge is -2.25. The predicted octanol–water partition coefficient (Wildman–Crippen LogP) is 2.63. The molecule has 0 spiro atoms. The summed E-state index contributed by atoms with van der Waals surface area (Å²) in [6.07, 6.45) is 0. The molecule has 0 fully saturated rings. The number of benzene rings is 1. The standard InChI is InChI=1S/C14H22N2O/c1-6-15-14(4,5)13(17)16-12-9-10(2)7-8-11(12)3/h7-9,15H,6H2,1-5H3,(H,16,17). The van der Waals surface area contributed by atoms with Crippen LogP contribution in [0.5, 0.6) is 0 Å². The Bertz CT molecular complexity index is 411. The smallest absolute Gasteiger partial charge is 0.244 e. The van der Waals surface area contributed by atoms with Gasteiger partial charge in [0, 0.05) is 5.69 Å². The van der Waals surface area contributed by atoms with E-state index in [1.54, 1.807) is 0 Å². The number of rotatable bonds is 4. The van der Waals surface area contributed by atoms with E-state index in [0.717, 1.165) is 23.4 Å². The van der Waals surface area contributed by atoms with Gasteiger partial charge in [-0.15, -0.1) is 0 Å². The van der Waals surface area contributed by atoms with Gasteiger partial charge >= 0.3 is 0 Å². The minimum absolute atomic E-state index is 0.00644. The lowest BCUT2D eigenvalue weighted by Crippen LogP contribution is -2.49. The second kappa shape index (κ2) is 5.32. The molecule has 0 saturated carbocycles. The zero-order chi connectivity index (χ0) is 13.1. The van der Waals surface area contributed by atoms with Crippen molar-refractivity contribution in [3.8, 4) is 0 Å². The summed E-state index contributed by atoms with van der Waals surface area (Å²) in [5, 5.41) is 6.14. The van der Waals surface area contributed by atoms with Gasteiger partial charge in [0.05, 0.1) is 5.54 Å². The fourth-order valence-corrected chi connectivity index (χ4v) is 1.67. The van der Waals surface area contributed by atoms with Crippen molar-refractivity contribution in [2.24, 2.45) is 0 Å². The highest BCUT2D eigenvalue weighted by molar-refractivity contribution is 5.98. The Morgan fingerprint density at radius 1 is 1.29 bits per heavy atom. The zero-order valence-electron chi connectivity index (χ0n) is 11.3. The first-order valence-electron chi connectivity index (χ1n) is 6.00. The molecule has 3 nitrogen and oxygen atoms in total. The molecular weight excluding hydrogens is 212 g/mol. The highest BCUT2D eigenvalue weighted by Crippen LogP contribution is 2.18. The van der Waals surface area contributed by atoms with Crippen LogP contribution >= 0.6 is 0 Å². The van der Waals surface area contributed by atoms with Crippen molar-refractivity contribution < 1.29 is 4.79 Å². The Balaban J connectivity index is 2.84. The zero-order valence-corrected chi connectivity index (χ0v) is 11.3. The number of carbonyl (C=O) groups is 1. The fraction of sp³-hybridized carbons (Fsp3) is 0.500. The summed E-state index contributed by atoms with van der Waals surface area (Å²) < 4.78 is 0. The van der Waals surface area contributed by atoms with Gasteiger partial charge in [-0.05, 0) is 51.4 Å². The summed E-state index contributed by atoms with van der Waals surface area (Å²) >= 11 is 0. The molecule has 0 aliphatic carbocycles. The Hall–Kier alpha value is -1.35. The molecule has 2 N–H and O–H groups in total. The van der Waals surface area contributed by atoms with Crippen LogP contribution in [0.3, 0.4) is 0 Å². The van der Waals surface area contributed by atoms with Crippen LogP contribution in [-0.4, -0.2) is 18.0 Å². The first kappa shape index (κ1) is 13.7. The van der Waals surface area contributed by atoms with E-state index < -0.39 is 5.54 Å². The first-order valence-corrected chi connectivity index (χ1v) is 6.00. The topological polar surface area (TPSA) is 41.1 Å². The largest absolute Gasteiger partial charge is 0.324 e. The van der Waals surface area contributed by atoms with Crippen LogP contribution in [0.25, 0.3) is 0 Å². The third-order valence-electron chi connectivity index (χ3n) is 2.83. The quantitative estimate of drug-likeness (QED) is 0.841. The van der Waals surface area contributed by atoms with Gasteiger partial charge in [-0.3, -0.25) is 4.79 Å². The number of anilines is 1. The van der Waals surface area contributed by atoms with Gasteiger partial charge in [-0.2, -0.15) is 0 Å². The lowest BCUT2D eigenvalue weighted by atomic mass is 10.0. The molecule has 0 aliphatic heterocycles. The van der Waals surface area contributed by atoms with Crippen LogP contribution in [0.1, 0.15) is 31.9 Å². The van der Waals surface area contributed by atoms with E-state index in [4.69, 9.17) is 0 Å². The summed E-state index contributed by atoms with van der Waals surface area (Å²) in [6.45, 7) is 10.5. The molecule has 0 bridgehead atoms. The maximum absolute atomic E-state index is 12.1. The van der Waals surface area contributed by atoms with Crippen molar-refractivity contribution in [1.29, 1.82) is 0 Å². The number of nitrogens with one attached hydrogen (secondary N) is 2. The Kier molecular flexibility index (Phi) is 4.29. The minimum Gasteiger partial charge on any atom is -0.324 e. The van der Waals surface area contributed by atoms with Crippen molar-refractivity contribution in [2.75, 3.05) is 11.9 Å². The molecule has 94 valence electrons. The van der Waals surface area contributed by atoms with Gasteiger partial charge in [0.15, 0.2) is 0 Å². The second-order valence-electron chi connectivity index (χ2n) is 4.93. The highest BCUT2D eigenvalue weighted by atomic mass is 16.2. The van der Waals surface area contributed by atoms with E-state index in [1.165, 1.54) is 0 Å². The molecule has 0 unspecified atom stereocenters. The number of amides is 1. The van der Waals surface area contributed by atoms with E-state index in [-0.39, 0.29) is 5.91 Å². The monoisotopic (exact) mass is 234 g/mol. The van der Waals surface area contributed by atoms with Crippen LogP contribution < -0.4 is 10.6 Å². The van der Waals surface area contributed by atoms with Crippen LogP contribution in [-0.2, 0) is 4.79 Å². The lowest BCUT2D eigenvalue weighted by molar-refractivity contribution is -0.121. The number of hydrogen-bond donors (Lipinski definition) is 2. The predicted molar refractivity (Wildman–Crippen MR) is 72.3 cm³/mol.